The van der Waals surface area contributed by atoms with Crippen molar-refractivity contribution in [1.82, 2.24) is 19.9 Å². The quantitative estimate of drug-likeness (QED) is 0.212. The number of benzene rings is 2. The number of hydrogen-bond donors (Lipinski definition) is 2. The van der Waals surface area contributed by atoms with Gasteiger partial charge in [0.15, 0.2) is 5.82 Å². The molecule has 2 N–H and O–H groups in total. The molecule has 1 fully saturated rings. The summed E-state index contributed by atoms with van der Waals surface area (Å²) in [6.45, 7) is 4.37. The van der Waals surface area contributed by atoms with Gasteiger partial charge in [-0.2, -0.15) is 0 Å². The van der Waals surface area contributed by atoms with Gasteiger partial charge in [0.05, 0.1) is 40.7 Å². The van der Waals surface area contributed by atoms with Crippen molar-refractivity contribution >= 4 is 68.0 Å². The number of ether oxygens (including phenoxy) is 2. The highest BCUT2D eigenvalue weighted by molar-refractivity contribution is 7.21. The Morgan fingerprint density at radius 2 is 1.91 bits per heavy atom. The van der Waals surface area contributed by atoms with E-state index in [0.29, 0.717) is 48.7 Å². The van der Waals surface area contributed by atoms with E-state index in [0.717, 1.165) is 44.1 Å². The van der Waals surface area contributed by atoms with Crippen molar-refractivity contribution in [1.29, 1.82) is 0 Å². The molecule has 5 aromatic rings. The Hall–Kier alpha value is -4.62. The van der Waals surface area contributed by atoms with Crippen molar-refractivity contribution < 1.29 is 19.1 Å². The fourth-order valence-electron chi connectivity index (χ4n) is 5.15. The largest absolute Gasteiger partial charge is 0.486 e. The van der Waals surface area contributed by atoms with Crippen LogP contribution in [-0.4, -0.2) is 58.1 Å². The molecule has 2 aromatic carbocycles. The maximum absolute atomic E-state index is 13.5. The lowest BCUT2D eigenvalue weighted by atomic mass is 10.1. The molecule has 3 aromatic heterocycles. The Bertz CT molecular complexity index is 1850. The van der Waals surface area contributed by atoms with Gasteiger partial charge >= 0.3 is 6.03 Å². The van der Waals surface area contributed by atoms with Gasteiger partial charge in [-0.25, -0.2) is 19.7 Å². The van der Waals surface area contributed by atoms with Gasteiger partial charge in [-0.3, -0.25) is 14.7 Å². The van der Waals surface area contributed by atoms with E-state index in [1.54, 1.807) is 24.4 Å². The number of hydrogen-bond acceptors (Lipinski definition) is 9. The smallest absolute Gasteiger partial charge is 0.332 e. The van der Waals surface area contributed by atoms with Gasteiger partial charge in [-0.1, -0.05) is 29.8 Å². The summed E-state index contributed by atoms with van der Waals surface area (Å²) in [6.07, 6.45) is 3.07. The molecule has 222 valence electrons. The topological polar surface area (TPSA) is 122 Å². The minimum atomic E-state index is -0.476. The van der Waals surface area contributed by atoms with E-state index in [2.05, 4.69) is 30.5 Å². The molecule has 7 rings (SSSR count). The fraction of sp³-hybridized carbons (Fsp3) is 0.194. The first kappa shape index (κ1) is 28.2. The molecular formula is C31H26ClN7O4S. The summed E-state index contributed by atoms with van der Waals surface area (Å²) in [5.74, 6) is 0.464. The molecule has 3 amide bonds. The molecule has 13 heteroatoms. The highest BCUT2D eigenvalue weighted by Crippen LogP contribution is 2.45. The third-order valence-electron chi connectivity index (χ3n) is 7.32. The van der Waals surface area contributed by atoms with Gasteiger partial charge in [0.1, 0.15) is 28.4 Å². The number of urea groups is 1. The summed E-state index contributed by atoms with van der Waals surface area (Å²) in [5.41, 5.74) is 3.43. The van der Waals surface area contributed by atoms with Crippen molar-refractivity contribution in [3.05, 3.63) is 94.3 Å². The minimum absolute atomic E-state index is 0.248. The normalized spacial score (nSPS) is 14.8. The standard InChI is InChI=1S/C31H26ClN7O4S/c32-23-15-22(8-9-24(23)43-17-21-3-1-2-10-33-21)39-28-25-26(37-31(39)41)27(44-30(25)35-18-34-28)29(40)36-20-6-4-19(5-7-20)16-38-11-13-42-14-12-38/h1-10,15,18H,11-14,16-17H2,(H,36,40)(H,37,41). The molecule has 0 spiro atoms. The molecule has 1 saturated heterocycles. The monoisotopic (exact) mass is 627 g/mol. The third kappa shape index (κ3) is 5.67. The number of nitrogens with zero attached hydrogens (tertiary/aromatic N) is 5. The van der Waals surface area contributed by atoms with Crippen LogP contribution in [0.15, 0.2) is 73.2 Å². The predicted octanol–water partition coefficient (Wildman–Crippen LogP) is 6.09. The van der Waals surface area contributed by atoms with Crippen LogP contribution in [0.4, 0.5) is 27.7 Å². The van der Waals surface area contributed by atoms with Gasteiger partial charge < -0.3 is 20.1 Å². The summed E-state index contributed by atoms with van der Waals surface area (Å²) in [5, 5.41) is 6.74. The maximum Gasteiger partial charge on any atom is 0.332 e. The van der Waals surface area contributed by atoms with E-state index in [1.165, 1.54) is 22.6 Å². The Balaban J connectivity index is 1.11. The molecule has 0 aliphatic carbocycles. The number of amides is 3. The average molecular weight is 628 g/mol. The van der Waals surface area contributed by atoms with Crippen LogP contribution in [0.2, 0.25) is 5.02 Å². The Morgan fingerprint density at radius 1 is 1.07 bits per heavy atom. The zero-order valence-corrected chi connectivity index (χ0v) is 24.9. The number of halogens is 1. The van der Waals surface area contributed by atoms with Crippen LogP contribution in [-0.2, 0) is 17.9 Å². The highest BCUT2D eigenvalue weighted by atomic mass is 35.5. The molecule has 0 radical (unpaired) electrons. The second-order valence-corrected chi connectivity index (χ2v) is 11.6. The molecule has 0 saturated carbocycles. The number of anilines is 4. The van der Waals surface area contributed by atoms with E-state index in [4.69, 9.17) is 21.1 Å². The summed E-state index contributed by atoms with van der Waals surface area (Å²) < 4.78 is 11.3. The molecular weight excluding hydrogens is 602 g/mol. The van der Waals surface area contributed by atoms with Gasteiger partial charge in [-0.05, 0) is 48.0 Å². The second kappa shape index (κ2) is 12.2. The van der Waals surface area contributed by atoms with Crippen molar-refractivity contribution in [3.8, 4) is 5.75 Å². The van der Waals surface area contributed by atoms with Crippen LogP contribution in [0.3, 0.4) is 0 Å². The molecule has 44 heavy (non-hydrogen) atoms. The van der Waals surface area contributed by atoms with Crippen molar-refractivity contribution in [2.24, 2.45) is 0 Å². The van der Waals surface area contributed by atoms with E-state index < -0.39 is 6.03 Å². The van der Waals surface area contributed by atoms with E-state index in [-0.39, 0.29) is 12.5 Å². The van der Waals surface area contributed by atoms with E-state index in [9.17, 15) is 9.59 Å². The predicted molar refractivity (Wildman–Crippen MR) is 169 cm³/mol. The second-order valence-electron chi connectivity index (χ2n) is 10.2. The fourth-order valence-corrected chi connectivity index (χ4v) is 6.36. The number of pyridine rings is 1. The van der Waals surface area contributed by atoms with Crippen LogP contribution in [0.25, 0.3) is 10.2 Å². The molecule has 2 aliphatic heterocycles. The van der Waals surface area contributed by atoms with Crippen LogP contribution >= 0.6 is 22.9 Å². The number of carbonyl (C=O) groups is 2. The molecule has 2 aliphatic rings. The Labute approximate surface area is 261 Å². The van der Waals surface area contributed by atoms with Crippen LogP contribution in [0, 0.1) is 0 Å². The van der Waals surface area contributed by atoms with Gasteiger partial charge in [0.25, 0.3) is 5.91 Å². The minimum Gasteiger partial charge on any atom is -0.486 e. The average Bonchev–Trinajstić information content (AvgIpc) is 3.42. The first-order chi connectivity index (χ1) is 21.5. The molecule has 11 nitrogen and oxygen atoms in total. The summed E-state index contributed by atoms with van der Waals surface area (Å²) in [6, 6.07) is 17.9. The number of nitrogens with one attached hydrogen (secondary N) is 2. The van der Waals surface area contributed by atoms with Gasteiger partial charge in [0.2, 0.25) is 0 Å². The lowest BCUT2D eigenvalue weighted by Gasteiger charge is -2.27. The molecule has 0 bridgehead atoms. The van der Waals surface area contributed by atoms with Crippen LogP contribution in [0.1, 0.15) is 20.9 Å². The number of rotatable bonds is 8. The van der Waals surface area contributed by atoms with Crippen LogP contribution < -0.4 is 20.3 Å². The van der Waals surface area contributed by atoms with Crippen LogP contribution in [0.5, 0.6) is 5.75 Å². The van der Waals surface area contributed by atoms with Crippen molar-refractivity contribution in [2.45, 2.75) is 13.2 Å². The Morgan fingerprint density at radius 3 is 2.68 bits per heavy atom. The number of morpholine rings is 1. The van der Waals surface area contributed by atoms with Crippen molar-refractivity contribution in [3.63, 3.8) is 0 Å². The zero-order chi connectivity index (χ0) is 30.0. The van der Waals surface area contributed by atoms with Gasteiger partial charge in [0, 0.05) is 31.5 Å². The Kier molecular flexibility index (Phi) is 7.79. The number of carbonyl (C=O) groups excluding carboxylic acids is 2. The van der Waals surface area contributed by atoms with E-state index in [1.807, 2.05) is 42.5 Å². The third-order valence-corrected chi connectivity index (χ3v) is 8.71. The number of aromatic nitrogens is 3. The van der Waals surface area contributed by atoms with E-state index >= 15 is 0 Å². The summed E-state index contributed by atoms with van der Waals surface area (Å²) in [7, 11) is 0. The van der Waals surface area contributed by atoms with Crippen molar-refractivity contribution in [2.75, 3.05) is 41.8 Å². The van der Waals surface area contributed by atoms with Gasteiger partial charge in [-0.15, -0.1) is 11.3 Å². The lowest BCUT2D eigenvalue weighted by Crippen LogP contribution is -2.35. The number of thiophene rings is 1. The zero-order valence-electron chi connectivity index (χ0n) is 23.3. The molecule has 5 heterocycles. The maximum atomic E-state index is 13.5. The first-order valence-electron chi connectivity index (χ1n) is 13.9. The highest BCUT2D eigenvalue weighted by Gasteiger charge is 2.34. The first-order valence-corrected chi connectivity index (χ1v) is 15.1. The summed E-state index contributed by atoms with van der Waals surface area (Å²) in [4.78, 5) is 44.6. The lowest BCUT2D eigenvalue weighted by molar-refractivity contribution is 0.0342. The SMILES string of the molecule is O=C(Nc1ccc(CN2CCOCC2)cc1)c1sc2ncnc3c2c1NC(=O)N3c1ccc(OCc2ccccn2)c(Cl)c1. The molecule has 0 unspecified atom stereocenters. The molecule has 0 atom stereocenters. The summed E-state index contributed by atoms with van der Waals surface area (Å²) >= 11 is 7.74.